The summed E-state index contributed by atoms with van der Waals surface area (Å²) in [4.78, 5) is 13.2. The van der Waals surface area contributed by atoms with Crippen LogP contribution in [-0.4, -0.2) is 49.7 Å². The second kappa shape index (κ2) is 5.80. The predicted molar refractivity (Wildman–Crippen MR) is 76.5 cm³/mol. The molecular formula is C13H19N3O3S. The van der Waals surface area contributed by atoms with Crippen molar-refractivity contribution in [1.29, 1.82) is 0 Å². The second-order valence-corrected chi connectivity index (χ2v) is 6.71. The van der Waals surface area contributed by atoms with E-state index in [4.69, 9.17) is 5.73 Å². The van der Waals surface area contributed by atoms with Gasteiger partial charge in [0, 0.05) is 33.1 Å². The number of sulfonamides is 1. The van der Waals surface area contributed by atoms with Crippen LogP contribution < -0.4 is 5.73 Å². The van der Waals surface area contributed by atoms with Crippen LogP contribution in [-0.2, 0) is 14.8 Å². The molecule has 1 aliphatic rings. The smallest absolute Gasteiger partial charge is 0.245 e. The van der Waals surface area contributed by atoms with Gasteiger partial charge in [0.15, 0.2) is 0 Å². The zero-order valence-electron chi connectivity index (χ0n) is 11.4. The fourth-order valence-corrected chi connectivity index (χ4v) is 3.89. The lowest BCUT2D eigenvalue weighted by Crippen LogP contribution is -2.36. The lowest BCUT2D eigenvalue weighted by Gasteiger charge is -2.21. The van der Waals surface area contributed by atoms with E-state index in [-0.39, 0.29) is 16.5 Å². The summed E-state index contributed by atoms with van der Waals surface area (Å²) in [5, 5.41) is 0. The topological polar surface area (TPSA) is 83.7 Å². The molecule has 0 atom stereocenters. The highest BCUT2D eigenvalue weighted by Gasteiger charge is 2.28. The minimum Gasteiger partial charge on any atom is -0.398 e. The first-order chi connectivity index (χ1) is 9.43. The number of hydrogen-bond donors (Lipinski definition) is 1. The zero-order valence-corrected chi connectivity index (χ0v) is 12.3. The number of carbonyl (C=O) groups is 1. The molecule has 0 unspecified atom stereocenters. The Bertz CT molecular complexity index is 601. The van der Waals surface area contributed by atoms with Crippen LogP contribution in [0.25, 0.3) is 0 Å². The molecule has 1 aromatic rings. The number of amides is 1. The zero-order chi connectivity index (χ0) is 14.8. The average Bonchev–Trinajstić information content (AvgIpc) is 2.65. The van der Waals surface area contributed by atoms with Crippen LogP contribution in [0.2, 0.25) is 0 Å². The maximum absolute atomic E-state index is 12.6. The Balaban J connectivity index is 2.23. The molecule has 0 aliphatic carbocycles. The van der Waals surface area contributed by atoms with Crippen LogP contribution in [0.4, 0.5) is 5.69 Å². The molecule has 0 aromatic heterocycles. The first kappa shape index (κ1) is 14.8. The van der Waals surface area contributed by atoms with Gasteiger partial charge < -0.3 is 10.6 Å². The van der Waals surface area contributed by atoms with Crippen molar-refractivity contribution < 1.29 is 13.2 Å². The van der Waals surface area contributed by atoms with E-state index in [1.54, 1.807) is 23.1 Å². The first-order valence-corrected chi connectivity index (χ1v) is 7.97. The van der Waals surface area contributed by atoms with Crippen LogP contribution in [0.1, 0.15) is 13.3 Å². The van der Waals surface area contributed by atoms with E-state index in [0.29, 0.717) is 32.6 Å². The van der Waals surface area contributed by atoms with Gasteiger partial charge in [-0.25, -0.2) is 8.42 Å². The van der Waals surface area contributed by atoms with Crippen molar-refractivity contribution in [2.75, 3.05) is 31.9 Å². The van der Waals surface area contributed by atoms with Gasteiger partial charge in [0.2, 0.25) is 15.9 Å². The first-order valence-electron chi connectivity index (χ1n) is 6.53. The Labute approximate surface area is 119 Å². The van der Waals surface area contributed by atoms with E-state index < -0.39 is 10.0 Å². The number of nitrogens with two attached hydrogens (primary N) is 1. The Hall–Kier alpha value is -1.60. The third-order valence-electron chi connectivity index (χ3n) is 3.44. The molecule has 2 rings (SSSR count). The summed E-state index contributed by atoms with van der Waals surface area (Å²) >= 11 is 0. The van der Waals surface area contributed by atoms with Crippen molar-refractivity contribution >= 4 is 21.6 Å². The summed E-state index contributed by atoms with van der Waals surface area (Å²) in [6, 6.07) is 6.45. The molecule has 6 nitrogen and oxygen atoms in total. The van der Waals surface area contributed by atoms with Crippen molar-refractivity contribution in [2.24, 2.45) is 0 Å². The largest absolute Gasteiger partial charge is 0.398 e. The van der Waals surface area contributed by atoms with Crippen molar-refractivity contribution in [3.05, 3.63) is 24.3 Å². The Morgan fingerprint density at radius 3 is 2.50 bits per heavy atom. The van der Waals surface area contributed by atoms with Gasteiger partial charge in [-0.1, -0.05) is 12.1 Å². The highest BCUT2D eigenvalue weighted by Crippen LogP contribution is 2.22. The minimum absolute atomic E-state index is 0.0246. The fourth-order valence-electron chi connectivity index (χ4n) is 2.30. The maximum Gasteiger partial charge on any atom is 0.245 e. The number of hydrogen-bond acceptors (Lipinski definition) is 4. The van der Waals surface area contributed by atoms with Crippen LogP contribution in [0.3, 0.4) is 0 Å². The van der Waals surface area contributed by atoms with Gasteiger partial charge in [0.25, 0.3) is 0 Å². The van der Waals surface area contributed by atoms with E-state index in [1.807, 2.05) is 0 Å². The number of rotatable bonds is 2. The summed E-state index contributed by atoms with van der Waals surface area (Å²) in [5.74, 6) is -0.0246. The van der Waals surface area contributed by atoms with Crippen LogP contribution in [0.5, 0.6) is 0 Å². The van der Waals surface area contributed by atoms with Gasteiger partial charge in [0.1, 0.15) is 4.90 Å². The van der Waals surface area contributed by atoms with Crippen molar-refractivity contribution in [2.45, 2.75) is 18.2 Å². The summed E-state index contributed by atoms with van der Waals surface area (Å²) in [7, 11) is -3.59. The third kappa shape index (κ3) is 2.94. The van der Waals surface area contributed by atoms with Crippen molar-refractivity contribution in [3.8, 4) is 0 Å². The molecule has 2 N–H and O–H groups in total. The van der Waals surface area contributed by atoms with E-state index in [1.165, 1.54) is 17.3 Å². The minimum atomic E-state index is -3.59. The third-order valence-corrected chi connectivity index (χ3v) is 5.41. The molecule has 0 spiro atoms. The lowest BCUT2D eigenvalue weighted by atomic mass is 10.3. The number of benzene rings is 1. The molecule has 20 heavy (non-hydrogen) atoms. The number of para-hydroxylation sites is 1. The van der Waals surface area contributed by atoms with Crippen LogP contribution >= 0.6 is 0 Å². The van der Waals surface area contributed by atoms with E-state index in [0.717, 1.165) is 0 Å². The molecule has 7 heteroatoms. The van der Waals surface area contributed by atoms with Gasteiger partial charge in [-0.3, -0.25) is 4.79 Å². The number of nitrogen functional groups attached to an aromatic ring is 1. The van der Waals surface area contributed by atoms with Gasteiger partial charge in [0.05, 0.1) is 5.69 Å². The molecule has 1 amide bonds. The summed E-state index contributed by atoms with van der Waals surface area (Å²) in [6.45, 7) is 3.21. The van der Waals surface area contributed by atoms with Crippen LogP contribution in [0, 0.1) is 0 Å². The molecule has 1 aliphatic heterocycles. The monoisotopic (exact) mass is 297 g/mol. The van der Waals surface area contributed by atoms with E-state index >= 15 is 0 Å². The molecule has 1 aromatic carbocycles. The Kier molecular flexibility index (Phi) is 4.29. The average molecular weight is 297 g/mol. The predicted octanol–water partition coefficient (Wildman–Crippen LogP) is 0.512. The molecule has 1 fully saturated rings. The van der Waals surface area contributed by atoms with Crippen molar-refractivity contribution in [1.82, 2.24) is 9.21 Å². The highest BCUT2D eigenvalue weighted by molar-refractivity contribution is 7.89. The SMILES string of the molecule is CC(=O)N1CCCN(S(=O)(=O)c2ccccc2N)CC1. The van der Waals surface area contributed by atoms with E-state index in [9.17, 15) is 13.2 Å². The molecule has 0 saturated carbocycles. The summed E-state index contributed by atoms with van der Waals surface area (Å²) in [6.07, 6.45) is 0.631. The highest BCUT2D eigenvalue weighted by atomic mass is 32.2. The van der Waals surface area contributed by atoms with Crippen molar-refractivity contribution in [3.63, 3.8) is 0 Å². The molecule has 0 bridgehead atoms. The van der Waals surface area contributed by atoms with Gasteiger partial charge in [-0.15, -0.1) is 0 Å². The quantitative estimate of drug-likeness (QED) is 0.806. The molecule has 1 saturated heterocycles. The second-order valence-electron chi connectivity index (χ2n) is 4.80. The number of carbonyl (C=O) groups excluding carboxylic acids is 1. The van der Waals surface area contributed by atoms with Gasteiger partial charge in [-0.2, -0.15) is 4.31 Å². The Morgan fingerprint density at radius 2 is 1.85 bits per heavy atom. The van der Waals surface area contributed by atoms with Crippen LogP contribution in [0.15, 0.2) is 29.2 Å². The van der Waals surface area contributed by atoms with Gasteiger partial charge in [-0.05, 0) is 18.6 Å². The normalized spacial score (nSPS) is 17.8. The maximum atomic E-state index is 12.6. The molecule has 1 heterocycles. The van der Waals surface area contributed by atoms with E-state index in [2.05, 4.69) is 0 Å². The molecule has 0 radical (unpaired) electrons. The lowest BCUT2D eigenvalue weighted by molar-refractivity contribution is -0.128. The number of nitrogens with zero attached hydrogens (tertiary/aromatic N) is 2. The Morgan fingerprint density at radius 1 is 1.15 bits per heavy atom. The van der Waals surface area contributed by atoms with Gasteiger partial charge >= 0.3 is 0 Å². The standard InChI is InChI=1S/C13H19N3O3S/c1-11(17)15-7-4-8-16(10-9-15)20(18,19)13-6-3-2-5-12(13)14/h2-3,5-6H,4,7-10,14H2,1H3. The summed E-state index contributed by atoms with van der Waals surface area (Å²) in [5.41, 5.74) is 6.01. The molecule has 110 valence electrons. The summed E-state index contributed by atoms with van der Waals surface area (Å²) < 4.78 is 26.6. The number of anilines is 1. The molecular weight excluding hydrogens is 278 g/mol. The fraction of sp³-hybridized carbons (Fsp3) is 0.462.